The minimum absolute atomic E-state index is 0.166. The second kappa shape index (κ2) is 5.62. The van der Waals surface area contributed by atoms with Crippen LogP contribution in [0.5, 0.6) is 0 Å². The summed E-state index contributed by atoms with van der Waals surface area (Å²) in [7, 11) is 3.89. The van der Waals surface area contributed by atoms with Crippen LogP contribution in [0.15, 0.2) is 4.42 Å². The molecule has 2 heterocycles. The summed E-state index contributed by atoms with van der Waals surface area (Å²) >= 11 is 6.35. The highest BCUT2D eigenvalue weighted by atomic mass is 35.5. The van der Waals surface area contributed by atoms with Gasteiger partial charge in [-0.1, -0.05) is 11.6 Å². The molecule has 0 aliphatic carbocycles. The van der Waals surface area contributed by atoms with Crippen LogP contribution < -0.4 is 5.32 Å². The molecule has 2 aromatic heterocycles. The average Bonchev–Trinajstić information content (AvgIpc) is 2.77. The smallest absolute Gasteiger partial charge is 0.106 e. The molecule has 1 N–H and O–H groups in total. The van der Waals surface area contributed by atoms with Crippen molar-refractivity contribution in [2.24, 2.45) is 7.05 Å². The normalized spacial score (nSPS) is 12.9. The maximum Gasteiger partial charge on any atom is 0.106 e. The first-order valence-corrected chi connectivity index (χ1v) is 7.16. The Morgan fingerprint density at radius 2 is 1.90 bits per heavy atom. The van der Waals surface area contributed by atoms with E-state index >= 15 is 0 Å². The van der Waals surface area contributed by atoms with Gasteiger partial charge in [-0.15, -0.1) is 0 Å². The molecule has 4 nitrogen and oxygen atoms in total. The lowest BCUT2D eigenvalue weighted by atomic mass is 9.98. The van der Waals surface area contributed by atoms with Gasteiger partial charge in [0, 0.05) is 25.1 Å². The second-order valence-electron chi connectivity index (χ2n) is 5.27. The summed E-state index contributed by atoms with van der Waals surface area (Å²) in [6.07, 6.45) is 0.785. The first kappa shape index (κ1) is 15.1. The van der Waals surface area contributed by atoms with Gasteiger partial charge in [0.1, 0.15) is 11.5 Å². The lowest BCUT2D eigenvalue weighted by molar-refractivity contribution is 0.487. The zero-order valence-electron chi connectivity index (χ0n) is 13.0. The number of hydrogen-bond donors (Lipinski definition) is 1. The molecular formula is C15H22ClN3O. The van der Waals surface area contributed by atoms with E-state index in [0.717, 1.165) is 34.4 Å². The summed E-state index contributed by atoms with van der Waals surface area (Å²) in [5, 5.41) is 8.49. The predicted molar refractivity (Wildman–Crippen MR) is 81.4 cm³/mol. The summed E-state index contributed by atoms with van der Waals surface area (Å²) in [5.74, 6) is 1.94. The van der Waals surface area contributed by atoms with Crippen molar-refractivity contribution in [2.75, 3.05) is 7.05 Å². The molecule has 20 heavy (non-hydrogen) atoms. The maximum atomic E-state index is 6.35. The van der Waals surface area contributed by atoms with Crippen molar-refractivity contribution < 1.29 is 4.42 Å². The van der Waals surface area contributed by atoms with Crippen LogP contribution in [0.1, 0.15) is 40.1 Å². The third-order valence-electron chi connectivity index (χ3n) is 3.97. The fourth-order valence-electron chi connectivity index (χ4n) is 2.77. The van der Waals surface area contributed by atoms with Gasteiger partial charge in [0.25, 0.3) is 0 Å². The van der Waals surface area contributed by atoms with Crippen molar-refractivity contribution in [3.8, 4) is 0 Å². The number of halogens is 1. The Kier molecular flexibility index (Phi) is 4.25. The van der Waals surface area contributed by atoms with Crippen LogP contribution in [0, 0.1) is 27.7 Å². The first-order valence-electron chi connectivity index (χ1n) is 6.78. The minimum atomic E-state index is 0.166. The van der Waals surface area contributed by atoms with Gasteiger partial charge in [-0.2, -0.15) is 5.10 Å². The lowest BCUT2D eigenvalue weighted by Gasteiger charge is -2.17. The highest BCUT2D eigenvalue weighted by Crippen LogP contribution is 2.31. The molecule has 0 aliphatic heterocycles. The number of aryl methyl sites for hydroxylation is 4. The quantitative estimate of drug-likeness (QED) is 0.940. The molecule has 2 rings (SSSR count). The molecule has 0 radical (unpaired) electrons. The topological polar surface area (TPSA) is 43.0 Å². The fourth-order valence-corrected chi connectivity index (χ4v) is 3.00. The monoisotopic (exact) mass is 295 g/mol. The molecule has 0 bridgehead atoms. The van der Waals surface area contributed by atoms with E-state index in [-0.39, 0.29) is 6.04 Å². The van der Waals surface area contributed by atoms with E-state index < -0.39 is 0 Å². The Labute approximate surface area is 125 Å². The van der Waals surface area contributed by atoms with Crippen LogP contribution >= 0.6 is 11.6 Å². The molecular weight excluding hydrogens is 274 g/mol. The van der Waals surface area contributed by atoms with Crippen LogP contribution in [0.4, 0.5) is 0 Å². The standard InChI is InChI=1S/C15H22ClN3O/c1-8-10(3)20-11(4)14(8)12(17-5)7-13-15(16)9(2)18-19(13)6/h12,17H,7H2,1-6H3. The Morgan fingerprint density at radius 1 is 1.25 bits per heavy atom. The molecule has 1 unspecified atom stereocenters. The van der Waals surface area contributed by atoms with Gasteiger partial charge >= 0.3 is 0 Å². The van der Waals surface area contributed by atoms with Gasteiger partial charge in [0.05, 0.1) is 16.4 Å². The summed E-state index contributed by atoms with van der Waals surface area (Å²) in [6.45, 7) is 8.04. The van der Waals surface area contributed by atoms with E-state index in [2.05, 4.69) is 17.3 Å². The molecule has 1 atom stereocenters. The van der Waals surface area contributed by atoms with Crippen molar-refractivity contribution in [3.63, 3.8) is 0 Å². The van der Waals surface area contributed by atoms with Crippen LogP contribution in [0.3, 0.4) is 0 Å². The zero-order chi connectivity index (χ0) is 15.0. The van der Waals surface area contributed by atoms with E-state index in [0.29, 0.717) is 0 Å². The van der Waals surface area contributed by atoms with Crippen LogP contribution in [-0.2, 0) is 13.5 Å². The van der Waals surface area contributed by atoms with Crippen LogP contribution in [0.25, 0.3) is 0 Å². The van der Waals surface area contributed by atoms with Crippen molar-refractivity contribution in [1.82, 2.24) is 15.1 Å². The largest absolute Gasteiger partial charge is 0.466 e. The van der Waals surface area contributed by atoms with Gasteiger partial charge in [-0.3, -0.25) is 4.68 Å². The molecule has 0 amide bonds. The van der Waals surface area contributed by atoms with Gasteiger partial charge in [0.2, 0.25) is 0 Å². The molecule has 110 valence electrons. The summed E-state index contributed by atoms with van der Waals surface area (Å²) in [4.78, 5) is 0. The zero-order valence-corrected chi connectivity index (χ0v) is 13.7. The number of nitrogens with one attached hydrogen (secondary N) is 1. The van der Waals surface area contributed by atoms with Gasteiger partial charge in [-0.05, 0) is 40.3 Å². The predicted octanol–water partition coefficient (Wildman–Crippen LogP) is 3.40. The highest BCUT2D eigenvalue weighted by Gasteiger charge is 2.23. The fraction of sp³-hybridized carbons (Fsp3) is 0.533. The highest BCUT2D eigenvalue weighted by molar-refractivity contribution is 6.31. The molecule has 0 saturated carbocycles. The molecule has 5 heteroatoms. The Morgan fingerprint density at radius 3 is 2.30 bits per heavy atom. The third-order valence-corrected chi connectivity index (χ3v) is 4.47. The summed E-state index contributed by atoms with van der Waals surface area (Å²) in [6, 6.07) is 0.166. The van der Waals surface area contributed by atoms with Gasteiger partial charge in [0.15, 0.2) is 0 Å². The van der Waals surface area contributed by atoms with Crippen molar-refractivity contribution >= 4 is 11.6 Å². The van der Waals surface area contributed by atoms with Gasteiger partial charge in [-0.25, -0.2) is 0 Å². The minimum Gasteiger partial charge on any atom is -0.466 e. The maximum absolute atomic E-state index is 6.35. The number of aromatic nitrogens is 2. The number of rotatable bonds is 4. The molecule has 0 spiro atoms. The molecule has 0 aliphatic rings. The van der Waals surface area contributed by atoms with Crippen LogP contribution in [0.2, 0.25) is 5.02 Å². The number of furan rings is 1. The van der Waals surface area contributed by atoms with E-state index in [4.69, 9.17) is 16.0 Å². The van der Waals surface area contributed by atoms with Crippen molar-refractivity contribution in [3.05, 3.63) is 39.1 Å². The number of hydrogen-bond acceptors (Lipinski definition) is 3. The Hall–Kier alpha value is -1.26. The lowest BCUT2D eigenvalue weighted by Crippen LogP contribution is -2.21. The number of likely N-dealkylation sites (N-methyl/N-ethyl adjacent to an activating group) is 1. The molecule has 0 aromatic carbocycles. The van der Waals surface area contributed by atoms with E-state index in [9.17, 15) is 0 Å². The van der Waals surface area contributed by atoms with Crippen molar-refractivity contribution in [1.29, 1.82) is 0 Å². The number of nitrogens with zero attached hydrogens (tertiary/aromatic N) is 2. The summed E-state index contributed by atoms with van der Waals surface area (Å²) < 4.78 is 7.60. The van der Waals surface area contributed by atoms with Crippen molar-refractivity contribution in [2.45, 2.75) is 40.2 Å². The SMILES string of the molecule is CNC(Cc1c(Cl)c(C)nn1C)c1c(C)oc(C)c1C. The third kappa shape index (κ3) is 2.50. The molecule has 0 saturated heterocycles. The second-order valence-corrected chi connectivity index (χ2v) is 5.65. The summed E-state index contributed by atoms with van der Waals surface area (Å²) in [5.41, 5.74) is 4.34. The first-order chi connectivity index (χ1) is 9.36. The van der Waals surface area contributed by atoms with E-state index in [1.807, 2.05) is 39.5 Å². The average molecular weight is 296 g/mol. The Balaban J connectivity index is 2.39. The van der Waals surface area contributed by atoms with E-state index in [1.54, 1.807) is 0 Å². The molecule has 0 fully saturated rings. The van der Waals surface area contributed by atoms with Crippen LogP contribution in [-0.4, -0.2) is 16.8 Å². The Bertz CT molecular complexity index is 628. The molecule has 2 aromatic rings. The van der Waals surface area contributed by atoms with E-state index in [1.165, 1.54) is 11.1 Å². The van der Waals surface area contributed by atoms with Gasteiger partial charge < -0.3 is 9.73 Å².